The first-order valence-electron chi connectivity index (χ1n) is 12.5. The number of halogens is 2. The molecule has 2 aliphatic rings. The van der Waals surface area contributed by atoms with Crippen molar-refractivity contribution in [3.8, 4) is 0 Å². The minimum Gasteiger partial charge on any atom is -0.444 e. The Kier molecular flexibility index (Phi) is 9.29. The second-order valence-corrected chi connectivity index (χ2v) is 10.9. The van der Waals surface area contributed by atoms with Gasteiger partial charge in [-0.25, -0.2) is 13.6 Å². The van der Waals surface area contributed by atoms with Gasteiger partial charge in [0.2, 0.25) is 0 Å². The minimum absolute atomic E-state index is 0.0552. The zero-order valence-electron chi connectivity index (χ0n) is 20.6. The molecular weight excluding hydrogens is 442 g/mol. The molecule has 1 amide bonds. The number of aliphatic hydroxyl groups excluding tert-OH is 1. The van der Waals surface area contributed by atoms with Crippen LogP contribution in [0.25, 0.3) is 0 Å². The van der Waals surface area contributed by atoms with Crippen LogP contribution < -0.4 is 5.73 Å². The summed E-state index contributed by atoms with van der Waals surface area (Å²) in [7, 11) is 0. The molecule has 192 valence electrons. The van der Waals surface area contributed by atoms with E-state index >= 15 is 0 Å². The molecule has 3 N–H and O–H groups in total. The van der Waals surface area contributed by atoms with Crippen molar-refractivity contribution in [1.29, 1.82) is 0 Å². The lowest BCUT2D eigenvalue weighted by molar-refractivity contribution is -0.105. The monoisotopic (exact) mass is 482 g/mol. The normalized spacial score (nSPS) is 24.0. The number of carbonyl (C=O) groups excluding carboxylic acids is 1. The fourth-order valence-electron chi connectivity index (χ4n) is 5.02. The molecule has 4 atom stereocenters. The molecule has 1 aliphatic heterocycles. The summed E-state index contributed by atoms with van der Waals surface area (Å²) in [4.78, 5) is 14.6. The highest BCUT2D eigenvalue weighted by molar-refractivity contribution is 5.69. The van der Waals surface area contributed by atoms with Crippen LogP contribution in [0.15, 0.2) is 18.2 Å². The lowest BCUT2D eigenvalue weighted by Crippen LogP contribution is -2.61. The van der Waals surface area contributed by atoms with Gasteiger partial charge in [-0.1, -0.05) is 32.1 Å². The number of nitrogens with zero attached hydrogens (tertiary/aromatic N) is 1. The summed E-state index contributed by atoms with van der Waals surface area (Å²) in [6, 6.07) is 1.62. The van der Waals surface area contributed by atoms with Crippen molar-refractivity contribution in [2.24, 2.45) is 11.7 Å². The Labute approximate surface area is 201 Å². The molecule has 8 heteroatoms. The SMILES string of the molecule is CC(C)(C)OC(=O)N1C[C@H](CCC2CCCCC2)OC[C@@H]1[C@@H](O)[C@@H](N)Cc1cc(F)cc(F)c1. The lowest BCUT2D eigenvalue weighted by atomic mass is 9.85. The van der Waals surface area contributed by atoms with Gasteiger partial charge in [0.1, 0.15) is 17.2 Å². The van der Waals surface area contributed by atoms with Crippen molar-refractivity contribution in [2.45, 2.75) is 102 Å². The number of morpholine rings is 1. The van der Waals surface area contributed by atoms with Gasteiger partial charge in [0, 0.05) is 12.1 Å². The van der Waals surface area contributed by atoms with Gasteiger partial charge in [-0.05, 0) is 63.6 Å². The molecule has 34 heavy (non-hydrogen) atoms. The van der Waals surface area contributed by atoms with Crippen LogP contribution in [0.5, 0.6) is 0 Å². The maximum Gasteiger partial charge on any atom is 0.410 e. The summed E-state index contributed by atoms with van der Waals surface area (Å²) in [5.41, 5.74) is 5.88. The van der Waals surface area contributed by atoms with E-state index in [1.165, 1.54) is 49.1 Å². The average molecular weight is 483 g/mol. The highest BCUT2D eigenvalue weighted by Gasteiger charge is 2.40. The number of ether oxygens (including phenoxy) is 2. The van der Waals surface area contributed by atoms with E-state index in [9.17, 15) is 18.7 Å². The number of amides is 1. The van der Waals surface area contributed by atoms with E-state index in [0.717, 1.165) is 18.9 Å². The van der Waals surface area contributed by atoms with Gasteiger partial charge in [-0.2, -0.15) is 0 Å². The second-order valence-electron chi connectivity index (χ2n) is 10.9. The average Bonchev–Trinajstić information content (AvgIpc) is 2.76. The van der Waals surface area contributed by atoms with E-state index in [4.69, 9.17) is 15.2 Å². The van der Waals surface area contributed by atoms with Gasteiger partial charge in [0.15, 0.2) is 0 Å². The second kappa shape index (κ2) is 11.8. The van der Waals surface area contributed by atoms with Crippen LogP contribution in [-0.2, 0) is 15.9 Å². The number of nitrogens with two attached hydrogens (primary N) is 1. The standard InChI is InChI=1S/C26H40F2N2O4/c1-26(2,3)34-25(32)30-15-21(10-9-17-7-5-4-6-8-17)33-16-23(30)24(31)22(29)13-18-11-19(27)14-20(28)12-18/h11-12,14,17,21-24,31H,4-10,13,15-16,29H2,1-3H3/t21-,22-,23+,24-/m0/s1. The Hall–Kier alpha value is -1.77. The van der Waals surface area contributed by atoms with Gasteiger partial charge in [-0.3, -0.25) is 4.90 Å². The Morgan fingerprint density at radius 3 is 2.44 bits per heavy atom. The largest absolute Gasteiger partial charge is 0.444 e. The number of hydrogen-bond acceptors (Lipinski definition) is 5. The third kappa shape index (κ3) is 7.89. The first-order valence-corrected chi connectivity index (χ1v) is 12.5. The van der Waals surface area contributed by atoms with Crippen molar-refractivity contribution >= 4 is 6.09 Å². The molecule has 0 spiro atoms. The molecular formula is C26H40F2N2O4. The third-order valence-corrected chi connectivity index (χ3v) is 6.78. The minimum atomic E-state index is -1.15. The summed E-state index contributed by atoms with van der Waals surface area (Å²) < 4.78 is 38.8. The van der Waals surface area contributed by atoms with Gasteiger partial charge >= 0.3 is 6.09 Å². The molecule has 1 aromatic rings. The highest BCUT2D eigenvalue weighted by atomic mass is 19.1. The zero-order valence-corrected chi connectivity index (χ0v) is 20.6. The zero-order chi connectivity index (χ0) is 24.9. The quantitative estimate of drug-likeness (QED) is 0.595. The molecule has 1 aromatic carbocycles. The molecule has 0 radical (unpaired) electrons. The van der Waals surface area contributed by atoms with E-state index in [1.54, 1.807) is 20.8 Å². The van der Waals surface area contributed by atoms with E-state index in [0.29, 0.717) is 18.0 Å². The predicted octanol–water partition coefficient (Wildman–Crippen LogP) is 4.56. The highest BCUT2D eigenvalue weighted by Crippen LogP contribution is 2.30. The van der Waals surface area contributed by atoms with E-state index in [2.05, 4.69) is 0 Å². The summed E-state index contributed by atoms with van der Waals surface area (Å²) in [5, 5.41) is 11.0. The number of hydrogen-bond donors (Lipinski definition) is 2. The Bertz CT molecular complexity index is 790. The first-order chi connectivity index (χ1) is 16.0. The van der Waals surface area contributed by atoms with Crippen LogP contribution in [0.3, 0.4) is 0 Å². The summed E-state index contributed by atoms with van der Waals surface area (Å²) in [6.07, 6.45) is 6.52. The van der Waals surface area contributed by atoms with Gasteiger partial charge in [0.25, 0.3) is 0 Å². The summed E-state index contributed by atoms with van der Waals surface area (Å²) in [5.74, 6) is -0.696. The Morgan fingerprint density at radius 1 is 1.18 bits per heavy atom. The molecule has 6 nitrogen and oxygen atoms in total. The maximum absolute atomic E-state index is 13.6. The van der Waals surface area contributed by atoms with Crippen molar-refractivity contribution in [3.63, 3.8) is 0 Å². The smallest absolute Gasteiger partial charge is 0.410 e. The van der Waals surface area contributed by atoms with Crippen LogP contribution in [0, 0.1) is 17.6 Å². The van der Waals surface area contributed by atoms with Crippen LogP contribution in [-0.4, -0.2) is 59.1 Å². The summed E-state index contributed by atoms with van der Waals surface area (Å²) >= 11 is 0. The lowest BCUT2D eigenvalue weighted by Gasteiger charge is -2.43. The number of carbonyl (C=O) groups is 1. The van der Waals surface area contributed by atoms with Crippen molar-refractivity contribution in [3.05, 3.63) is 35.4 Å². The fraction of sp³-hybridized carbons (Fsp3) is 0.731. The van der Waals surface area contributed by atoms with Crippen LogP contribution in [0.2, 0.25) is 0 Å². The van der Waals surface area contributed by atoms with Crippen molar-refractivity contribution < 1.29 is 28.2 Å². The molecule has 1 heterocycles. The van der Waals surface area contributed by atoms with Crippen molar-refractivity contribution in [2.75, 3.05) is 13.2 Å². The number of aliphatic hydroxyl groups is 1. The van der Waals surface area contributed by atoms with Crippen LogP contribution >= 0.6 is 0 Å². The van der Waals surface area contributed by atoms with Crippen LogP contribution in [0.4, 0.5) is 13.6 Å². The molecule has 0 aromatic heterocycles. The first kappa shape index (κ1) is 26.8. The van der Waals surface area contributed by atoms with Crippen molar-refractivity contribution in [1.82, 2.24) is 4.90 Å². The Morgan fingerprint density at radius 2 is 1.82 bits per heavy atom. The summed E-state index contributed by atoms with van der Waals surface area (Å²) in [6.45, 7) is 5.82. The molecule has 3 rings (SSSR count). The van der Waals surface area contributed by atoms with E-state index in [-0.39, 0.29) is 19.1 Å². The number of rotatable bonds is 7. The maximum atomic E-state index is 13.6. The van der Waals surface area contributed by atoms with E-state index < -0.39 is 41.5 Å². The molecule has 0 unspecified atom stereocenters. The van der Waals surface area contributed by atoms with Crippen LogP contribution in [0.1, 0.15) is 71.3 Å². The van der Waals surface area contributed by atoms with Gasteiger partial charge in [0.05, 0.1) is 31.4 Å². The topological polar surface area (TPSA) is 85.0 Å². The van der Waals surface area contributed by atoms with Gasteiger partial charge < -0.3 is 20.3 Å². The molecule has 1 saturated carbocycles. The number of benzene rings is 1. The third-order valence-electron chi connectivity index (χ3n) is 6.78. The fourth-order valence-corrected chi connectivity index (χ4v) is 5.02. The predicted molar refractivity (Wildman–Crippen MR) is 126 cm³/mol. The Balaban J connectivity index is 1.67. The molecule has 0 bridgehead atoms. The van der Waals surface area contributed by atoms with Gasteiger partial charge in [-0.15, -0.1) is 0 Å². The molecule has 1 saturated heterocycles. The molecule has 1 aliphatic carbocycles. The van der Waals surface area contributed by atoms with E-state index in [1.807, 2.05) is 0 Å². The molecule has 2 fully saturated rings.